The Morgan fingerprint density at radius 2 is 1.84 bits per heavy atom. The number of nitrogens with one attached hydrogen (secondary N) is 2. The molecule has 0 saturated heterocycles. The number of aliphatic imine (C=N–C) groups is 2. The zero-order chi connectivity index (χ0) is 28.0. The molecule has 0 radical (unpaired) electrons. The van der Waals surface area contributed by atoms with Crippen LogP contribution in [0.4, 0.5) is 0 Å². The van der Waals surface area contributed by atoms with Gasteiger partial charge in [-0.1, -0.05) is 83.3 Å². The third-order valence-electron chi connectivity index (χ3n) is 5.84. The molecule has 0 aromatic heterocycles. The van der Waals surface area contributed by atoms with E-state index in [2.05, 4.69) is 117 Å². The van der Waals surface area contributed by atoms with E-state index >= 15 is 0 Å². The second-order valence-corrected chi connectivity index (χ2v) is 8.72. The molecular formula is C32H45N5. The van der Waals surface area contributed by atoms with Gasteiger partial charge in [0.1, 0.15) is 11.7 Å². The molecule has 3 rings (SSSR count). The van der Waals surface area contributed by atoms with Crippen LogP contribution < -0.4 is 10.6 Å². The van der Waals surface area contributed by atoms with Gasteiger partial charge < -0.3 is 15.5 Å². The van der Waals surface area contributed by atoms with Crippen molar-refractivity contribution in [1.82, 2.24) is 15.5 Å². The first-order valence-electron chi connectivity index (χ1n) is 13.1. The Morgan fingerprint density at radius 1 is 1.19 bits per heavy atom. The first-order chi connectivity index (χ1) is 17.8. The first-order valence-corrected chi connectivity index (χ1v) is 13.1. The van der Waals surface area contributed by atoms with Crippen LogP contribution >= 0.6 is 0 Å². The van der Waals surface area contributed by atoms with E-state index in [4.69, 9.17) is 4.99 Å². The number of allylic oxidation sites excluding steroid dienone is 4. The SMILES string of the molecule is C#C.C=C(C)CC1=CCC(C(=C)N[C@@H](CC)c2ccc(C3=NCC(=C)N3)cc2)=N/C(=C/CC)N1C.CC. The monoisotopic (exact) mass is 499 g/mol. The number of hydrogen-bond acceptors (Lipinski definition) is 5. The molecule has 2 heterocycles. The Morgan fingerprint density at radius 3 is 2.35 bits per heavy atom. The van der Waals surface area contributed by atoms with Crippen LogP contribution in [0.1, 0.15) is 77.5 Å². The third kappa shape index (κ3) is 8.99. The molecule has 1 aromatic rings. The van der Waals surface area contributed by atoms with Crippen molar-refractivity contribution in [3.8, 4) is 12.8 Å². The van der Waals surface area contributed by atoms with Crippen molar-refractivity contribution in [1.29, 1.82) is 0 Å². The minimum Gasteiger partial charge on any atom is -0.377 e. The van der Waals surface area contributed by atoms with E-state index in [0.29, 0.717) is 6.54 Å². The topological polar surface area (TPSA) is 52.0 Å². The molecule has 1 atom stereocenters. The fourth-order valence-corrected chi connectivity index (χ4v) is 3.99. The lowest BCUT2D eigenvalue weighted by Crippen LogP contribution is -2.25. The van der Waals surface area contributed by atoms with E-state index in [9.17, 15) is 0 Å². The van der Waals surface area contributed by atoms with E-state index in [1.165, 1.54) is 11.3 Å². The zero-order valence-corrected chi connectivity index (χ0v) is 23.7. The number of benzene rings is 1. The maximum Gasteiger partial charge on any atom is 0.132 e. The molecule has 198 valence electrons. The van der Waals surface area contributed by atoms with Crippen LogP contribution in [-0.2, 0) is 0 Å². The van der Waals surface area contributed by atoms with Gasteiger partial charge in [0.2, 0.25) is 0 Å². The summed E-state index contributed by atoms with van der Waals surface area (Å²) in [6.07, 6.45) is 15.9. The van der Waals surface area contributed by atoms with Crippen molar-refractivity contribution >= 4 is 11.5 Å². The van der Waals surface area contributed by atoms with Crippen LogP contribution in [0.3, 0.4) is 0 Å². The summed E-state index contributed by atoms with van der Waals surface area (Å²) in [4.78, 5) is 11.6. The van der Waals surface area contributed by atoms with Crippen LogP contribution in [0.2, 0.25) is 0 Å². The minimum absolute atomic E-state index is 0.154. The normalized spacial score (nSPS) is 16.4. The molecule has 0 saturated carbocycles. The number of rotatable bonds is 9. The highest BCUT2D eigenvalue weighted by molar-refractivity contribution is 6.01. The van der Waals surface area contributed by atoms with E-state index in [1.807, 2.05) is 13.8 Å². The van der Waals surface area contributed by atoms with Gasteiger partial charge in [-0.3, -0.25) is 4.99 Å². The van der Waals surface area contributed by atoms with Crippen molar-refractivity contribution in [3.05, 3.63) is 95.8 Å². The summed E-state index contributed by atoms with van der Waals surface area (Å²) >= 11 is 0. The molecule has 5 heteroatoms. The van der Waals surface area contributed by atoms with Gasteiger partial charge in [-0.05, 0) is 31.4 Å². The smallest absolute Gasteiger partial charge is 0.132 e. The summed E-state index contributed by atoms with van der Waals surface area (Å²) in [5.74, 6) is 1.85. The molecular weight excluding hydrogens is 454 g/mol. The van der Waals surface area contributed by atoms with Crippen LogP contribution in [0, 0.1) is 12.8 Å². The Hall–Kier alpha value is -3.78. The summed E-state index contributed by atoms with van der Waals surface area (Å²) in [6, 6.07) is 8.69. The second-order valence-electron chi connectivity index (χ2n) is 8.72. The lowest BCUT2D eigenvalue weighted by molar-refractivity contribution is 0.498. The standard InChI is InChI=1S/C28H37N5.C2H6.C2H2/c1-8-10-27-32-26(16-15-24(33(27)7)17-19(3)4)21(6)31-25(9-2)22-11-13-23(14-12-22)28-29-18-20(5)30-28;2*1-2/h10-15,25,31H,3,5-6,8-9,16-18H2,1-2,4,7H3,(H,29,30);1-2H3;1-2H/b27-10-;;/t25-;;/m0../s1. The average molecular weight is 500 g/mol. The molecule has 5 nitrogen and oxygen atoms in total. The predicted octanol–water partition coefficient (Wildman–Crippen LogP) is 7.26. The van der Waals surface area contributed by atoms with Crippen LogP contribution in [0.25, 0.3) is 0 Å². The molecule has 0 amide bonds. The van der Waals surface area contributed by atoms with Crippen LogP contribution in [-0.4, -0.2) is 30.0 Å². The maximum atomic E-state index is 4.99. The van der Waals surface area contributed by atoms with Gasteiger partial charge in [0.25, 0.3) is 0 Å². The van der Waals surface area contributed by atoms with E-state index in [-0.39, 0.29) is 6.04 Å². The van der Waals surface area contributed by atoms with Crippen molar-refractivity contribution in [3.63, 3.8) is 0 Å². The van der Waals surface area contributed by atoms with Crippen molar-refractivity contribution < 1.29 is 0 Å². The summed E-state index contributed by atoms with van der Waals surface area (Å²) in [5, 5.41) is 6.87. The van der Waals surface area contributed by atoms with E-state index < -0.39 is 0 Å². The average Bonchev–Trinajstić information content (AvgIpc) is 3.29. The van der Waals surface area contributed by atoms with Crippen LogP contribution in [0.15, 0.2) is 94.6 Å². The van der Waals surface area contributed by atoms with Gasteiger partial charge in [-0.25, -0.2) is 4.99 Å². The summed E-state index contributed by atoms with van der Waals surface area (Å²) in [6.45, 7) is 23.4. The third-order valence-corrected chi connectivity index (χ3v) is 5.84. The molecule has 1 aromatic carbocycles. The quantitative estimate of drug-likeness (QED) is 0.278. The number of amidine groups is 1. The Kier molecular flexibility index (Phi) is 13.6. The minimum atomic E-state index is 0.154. The predicted molar refractivity (Wildman–Crippen MR) is 162 cm³/mol. The van der Waals surface area contributed by atoms with Gasteiger partial charge in [-0.15, -0.1) is 12.8 Å². The summed E-state index contributed by atoms with van der Waals surface area (Å²) in [5.41, 5.74) is 7.43. The molecule has 0 aliphatic carbocycles. The lowest BCUT2D eigenvalue weighted by atomic mass is 10.0. The Labute approximate surface area is 225 Å². The maximum absolute atomic E-state index is 4.99. The number of hydrogen-bond donors (Lipinski definition) is 2. The highest BCUT2D eigenvalue weighted by atomic mass is 15.2. The van der Waals surface area contributed by atoms with Gasteiger partial charge in [0.05, 0.1) is 18.3 Å². The molecule has 37 heavy (non-hydrogen) atoms. The molecule has 0 spiro atoms. The highest BCUT2D eigenvalue weighted by Crippen LogP contribution is 2.25. The fraction of sp³-hybridized carbons (Fsp3) is 0.375. The van der Waals surface area contributed by atoms with Gasteiger partial charge in [-0.2, -0.15) is 0 Å². The molecule has 0 fully saturated rings. The first kappa shape index (κ1) is 31.3. The van der Waals surface area contributed by atoms with Crippen LogP contribution in [0.5, 0.6) is 0 Å². The summed E-state index contributed by atoms with van der Waals surface area (Å²) < 4.78 is 0. The molecule has 0 bridgehead atoms. The second kappa shape index (κ2) is 16.1. The fourth-order valence-electron chi connectivity index (χ4n) is 3.99. The Balaban J connectivity index is 0.00000163. The molecule has 2 N–H and O–H groups in total. The van der Waals surface area contributed by atoms with Crippen molar-refractivity contribution in [2.75, 3.05) is 13.6 Å². The van der Waals surface area contributed by atoms with Gasteiger partial charge in [0, 0.05) is 42.5 Å². The summed E-state index contributed by atoms with van der Waals surface area (Å²) in [7, 11) is 2.08. The lowest BCUT2D eigenvalue weighted by Gasteiger charge is -2.23. The highest BCUT2D eigenvalue weighted by Gasteiger charge is 2.19. The van der Waals surface area contributed by atoms with Crippen molar-refractivity contribution in [2.45, 2.75) is 66.3 Å². The Bertz CT molecular complexity index is 1080. The van der Waals surface area contributed by atoms with Crippen molar-refractivity contribution in [2.24, 2.45) is 9.98 Å². The van der Waals surface area contributed by atoms with E-state index in [0.717, 1.165) is 65.6 Å². The molecule has 2 aliphatic heterocycles. The van der Waals surface area contributed by atoms with Gasteiger partial charge in [0.15, 0.2) is 0 Å². The van der Waals surface area contributed by atoms with Gasteiger partial charge >= 0.3 is 0 Å². The number of terminal acetylenes is 1. The molecule has 2 aliphatic rings. The molecule has 0 unspecified atom stereocenters. The largest absolute Gasteiger partial charge is 0.377 e. The number of nitrogens with zero attached hydrogens (tertiary/aromatic N) is 3. The zero-order valence-electron chi connectivity index (χ0n) is 23.7. The van der Waals surface area contributed by atoms with E-state index in [1.54, 1.807) is 0 Å².